The number of anilines is 1. The molecule has 1 heterocycles. The smallest absolute Gasteiger partial charge is 0.0991 e. The van der Waals surface area contributed by atoms with Crippen LogP contribution in [0.5, 0.6) is 0 Å². The van der Waals surface area contributed by atoms with E-state index in [1.807, 2.05) is 54.7 Å². The molecule has 0 fully saturated rings. The maximum absolute atomic E-state index is 8.92. The lowest BCUT2D eigenvalue weighted by Gasteiger charge is -2.09. The third-order valence-electron chi connectivity index (χ3n) is 3.41. The van der Waals surface area contributed by atoms with Crippen LogP contribution in [-0.2, 0) is 6.54 Å². The Hall–Kier alpha value is -2.44. The Balaban J connectivity index is 1.70. The molecule has 1 N–H and O–H groups in total. The van der Waals surface area contributed by atoms with Crippen molar-refractivity contribution in [3.63, 3.8) is 0 Å². The minimum absolute atomic E-state index is 0.692. The maximum atomic E-state index is 8.92. The largest absolute Gasteiger partial charge is 0.383 e. The number of halogens is 1. The zero-order chi connectivity index (χ0) is 14.7. The van der Waals surface area contributed by atoms with E-state index in [1.165, 1.54) is 0 Å². The van der Waals surface area contributed by atoms with E-state index < -0.39 is 0 Å². The van der Waals surface area contributed by atoms with E-state index in [9.17, 15) is 0 Å². The number of hydrogen-bond donors (Lipinski definition) is 1. The fraction of sp³-hybridized carbons (Fsp3) is 0.118. The summed E-state index contributed by atoms with van der Waals surface area (Å²) >= 11 is 5.96. The second kappa shape index (κ2) is 5.90. The highest BCUT2D eigenvalue weighted by Crippen LogP contribution is 2.18. The monoisotopic (exact) mass is 295 g/mol. The standard InChI is InChI=1S/C17H14ClN3/c18-15-2-1-3-16(11-15)20-7-9-21-8-6-14-10-13(12-19)4-5-17(14)21/h1-6,8,10-11,20H,7,9H2. The summed E-state index contributed by atoms with van der Waals surface area (Å²) in [6.07, 6.45) is 2.05. The van der Waals surface area contributed by atoms with E-state index in [-0.39, 0.29) is 0 Å². The van der Waals surface area contributed by atoms with Crippen molar-refractivity contribution in [2.45, 2.75) is 6.54 Å². The number of fused-ring (bicyclic) bond motifs is 1. The summed E-state index contributed by atoms with van der Waals surface area (Å²) in [7, 11) is 0. The molecule has 0 atom stereocenters. The van der Waals surface area contributed by atoms with Crippen LogP contribution in [0.3, 0.4) is 0 Å². The lowest BCUT2D eigenvalue weighted by molar-refractivity contribution is 0.757. The highest BCUT2D eigenvalue weighted by Gasteiger charge is 2.02. The van der Waals surface area contributed by atoms with E-state index in [4.69, 9.17) is 16.9 Å². The van der Waals surface area contributed by atoms with Gasteiger partial charge < -0.3 is 9.88 Å². The number of aromatic nitrogens is 1. The highest BCUT2D eigenvalue weighted by atomic mass is 35.5. The van der Waals surface area contributed by atoms with Crippen LogP contribution in [0.25, 0.3) is 10.9 Å². The van der Waals surface area contributed by atoms with Crippen molar-refractivity contribution < 1.29 is 0 Å². The lowest BCUT2D eigenvalue weighted by atomic mass is 10.2. The van der Waals surface area contributed by atoms with Gasteiger partial charge in [-0.25, -0.2) is 0 Å². The van der Waals surface area contributed by atoms with Gasteiger partial charge in [0.05, 0.1) is 11.6 Å². The van der Waals surface area contributed by atoms with Gasteiger partial charge in [-0.15, -0.1) is 0 Å². The first-order valence-corrected chi connectivity index (χ1v) is 7.12. The summed E-state index contributed by atoms with van der Waals surface area (Å²) in [6, 6.07) is 17.7. The third-order valence-corrected chi connectivity index (χ3v) is 3.64. The van der Waals surface area contributed by atoms with Crippen molar-refractivity contribution in [3.8, 4) is 6.07 Å². The fourth-order valence-corrected chi connectivity index (χ4v) is 2.57. The predicted octanol–water partition coefficient (Wildman–Crippen LogP) is 4.28. The fourth-order valence-electron chi connectivity index (χ4n) is 2.38. The molecule has 0 aliphatic rings. The first-order chi connectivity index (χ1) is 10.3. The second-order valence-electron chi connectivity index (χ2n) is 4.83. The molecule has 0 saturated carbocycles. The summed E-state index contributed by atoms with van der Waals surface area (Å²) in [6.45, 7) is 1.66. The van der Waals surface area contributed by atoms with Crippen LogP contribution in [0.2, 0.25) is 5.02 Å². The Morgan fingerprint density at radius 2 is 2.05 bits per heavy atom. The van der Waals surface area contributed by atoms with Crippen molar-refractivity contribution in [2.75, 3.05) is 11.9 Å². The van der Waals surface area contributed by atoms with Crippen molar-refractivity contribution in [1.82, 2.24) is 4.57 Å². The Labute approximate surface area is 128 Å². The molecule has 0 spiro atoms. The Bertz CT molecular complexity index is 814. The molecule has 0 aliphatic heterocycles. The van der Waals surface area contributed by atoms with Gasteiger partial charge in [-0.1, -0.05) is 17.7 Å². The van der Waals surface area contributed by atoms with Crippen LogP contribution in [0.15, 0.2) is 54.7 Å². The molecule has 104 valence electrons. The summed E-state index contributed by atoms with van der Waals surface area (Å²) in [5.74, 6) is 0. The Kier molecular flexibility index (Phi) is 3.81. The molecule has 0 unspecified atom stereocenters. The quantitative estimate of drug-likeness (QED) is 0.780. The Morgan fingerprint density at radius 3 is 2.86 bits per heavy atom. The number of benzene rings is 2. The molecule has 4 heteroatoms. The highest BCUT2D eigenvalue weighted by molar-refractivity contribution is 6.30. The lowest BCUT2D eigenvalue weighted by Crippen LogP contribution is -2.09. The summed E-state index contributed by atoms with van der Waals surface area (Å²) < 4.78 is 2.17. The van der Waals surface area contributed by atoms with E-state index in [0.29, 0.717) is 5.56 Å². The zero-order valence-corrected chi connectivity index (χ0v) is 12.1. The van der Waals surface area contributed by atoms with Gasteiger partial charge in [0.25, 0.3) is 0 Å². The van der Waals surface area contributed by atoms with Crippen molar-refractivity contribution in [2.24, 2.45) is 0 Å². The number of hydrogen-bond acceptors (Lipinski definition) is 2. The molecule has 3 nitrogen and oxygen atoms in total. The number of nitriles is 1. The van der Waals surface area contributed by atoms with Crippen LogP contribution < -0.4 is 5.32 Å². The van der Waals surface area contributed by atoms with Gasteiger partial charge in [0.15, 0.2) is 0 Å². The van der Waals surface area contributed by atoms with Gasteiger partial charge in [-0.3, -0.25) is 0 Å². The van der Waals surface area contributed by atoms with Gasteiger partial charge >= 0.3 is 0 Å². The number of nitrogens with zero attached hydrogens (tertiary/aromatic N) is 2. The van der Waals surface area contributed by atoms with Crippen LogP contribution in [0, 0.1) is 11.3 Å². The van der Waals surface area contributed by atoms with Gasteiger partial charge in [-0.05, 0) is 42.5 Å². The second-order valence-corrected chi connectivity index (χ2v) is 5.27. The third kappa shape index (κ3) is 3.01. The minimum atomic E-state index is 0.692. The van der Waals surface area contributed by atoms with Gasteiger partial charge in [-0.2, -0.15) is 5.26 Å². The van der Waals surface area contributed by atoms with Gasteiger partial charge in [0.2, 0.25) is 0 Å². The predicted molar refractivity (Wildman–Crippen MR) is 86.6 cm³/mol. The first-order valence-electron chi connectivity index (χ1n) is 6.75. The molecular formula is C17H14ClN3. The topological polar surface area (TPSA) is 40.8 Å². The molecule has 0 saturated heterocycles. The van der Waals surface area contributed by atoms with Crippen LogP contribution in [0.1, 0.15) is 5.56 Å². The Morgan fingerprint density at radius 1 is 1.14 bits per heavy atom. The normalized spacial score (nSPS) is 10.5. The van der Waals surface area contributed by atoms with Crippen molar-refractivity contribution in [1.29, 1.82) is 5.26 Å². The summed E-state index contributed by atoms with van der Waals surface area (Å²) in [5.41, 5.74) is 2.85. The number of rotatable bonds is 4. The molecule has 0 amide bonds. The van der Waals surface area contributed by atoms with Gasteiger partial charge in [0, 0.05) is 40.9 Å². The minimum Gasteiger partial charge on any atom is -0.383 e. The van der Waals surface area contributed by atoms with E-state index in [1.54, 1.807) is 0 Å². The number of nitrogens with one attached hydrogen (secondary N) is 1. The van der Waals surface area contributed by atoms with E-state index >= 15 is 0 Å². The van der Waals surface area contributed by atoms with Crippen LogP contribution in [-0.4, -0.2) is 11.1 Å². The van der Waals surface area contributed by atoms with Gasteiger partial charge in [0.1, 0.15) is 0 Å². The zero-order valence-electron chi connectivity index (χ0n) is 11.4. The van der Waals surface area contributed by atoms with Crippen molar-refractivity contribution in [3.05, 3.63) is 65.3 Å². The van der Waals surface area contributed by atoms with Crippen molar-refractivity contribution >= 4 is 28.2 Å². The molecular weight excluding hydrogens is 282 g/mol. The summed E-state index contributed by atoms with van der Waals surface area (Å²) in [4.78, 5) is 0. The summed E-state index contributed by atoms with van der Waals surface area (Å²) in [5, 5.41) is 14.1. The average Bonchev–Trinajstić information content (AvgIpc) is 2.90. The van der Waals surface area contributed by atoms with E-state index in [0.717, 1.165) is 34.7 Å². The maximum Gasteiger partial charge on any atom is 0.0991 e. The molecule has 0 radical (unpaired) electrons. The molecule has 3 rings (SSSR count). The van der Waals surface area contributed by atoms with Crippen LogP contribution in [0.4, 0.5) is 5.69 Å². The average molecular weight is 296 g/mol. The molecule has 21 heavy (non-hydrogen) atoms. The molecule has 3 aromatic rings. The SMILES string of the molecule is N#Cc1ccc2c(ccn2CCNc2cccc(Cl)c2)c1. The molecule has 1 aromatic heterocycles. The molecule has 2 aromatic carbocycles. The van der Waals surface area contributed by atoms with Crippen LogP contribution >= 0.6 is 11.6 Å². The molecule has 0 bridgehead atoms. The van der Waals surface area contributed by atoms with E-state index in [2.05, 4.69) is 16.0 Å². The first kappa shape index (κ1) is 13.5. The molecule has 0 aliphatic carbocycles.